The highest BCUT2D eigenvalue weighted by atomic mass is 16.4. The average Bonchev–Trinajstić information content (AvgIpc) is 2.68. The lowest BCUT2D eigenvalue weighted by atomic mass is 9.81. The second-order valence-corrected chi connectivity index (χ2v) is 4.53. The van der Waals surface area contributed by atoms with Gasteiger partial charge < -0.3 is 10.1 Å². The summed E-state index contributed by atoms with van der Waals surface area (Å²) in [6.45, 7) is 0. The van der Waals surface area contributed by atoms with Gasteiger partial charge in [0.05, 0.1) is 5.69 Å². The molecule has 0 saturated heterocycles. The molecule has 18 heavy (non-hydrogen) atoms. The van der Waals surface area contributed by atoms with Crippen LogP contribution in [0.5, 0.6) is 0 Å². The van der Waals surface area contributed by atoms with Crippen molar-refractivity contribution in [1.29, 1.82) is 0 Å². The van der Waals surface area contributed by atoms with Gasteiger partial charge in [0.2, 0.25) is 0 Å². The van der Waals surface area contributed by atoms with Crippen molar-refractivity contribution < 1.29 is 9.90 Å². The molecule has 3 rings (SSSR count). The number of H-pyrrole nitrogens is 1. The molecule has 2 N–H and O–H groups in total. The molecule has 1 fully saturated rings. The summed E-state index contributed by atoms with van der Waals surface area (Å²) in [4.78, 5) is 22.2. The molecule has 0 atom stereocenters. The lowest BCUT2D eigenvalue weighted by molar-refractivity contribution is -0.131. The van der Waals surface area contributed by atoms with E-state index in [9.17, 15) is 4.79 Å². The van der Waals surface area contributed by atoms with Crippen LogP contribution >= 0.6 is 0 Å². The molecule has 0 aliphatic heterocycles. The van der Waals surface area contributed by atoms with Crippen molar-refractivity contribution >= 4 is 23.1 Å². The maximum absolute atomic E-state index is 10.6. The normalized spacial score (nSPS) is 16.2. The zero-order valence-corrected chi connectivity index (χ0v) is 9.76. The van der Waals surface area contributed by atoms with Crippen LogP contribution in [-0.4, -0.2) is 26.0 Å². The minimum Gasteiger partial charge on any atom is -0.478 e. The molecule has 0 bridgehead atoms. The predicted octanol–water partition coefficient (Wildman–Crippen LogP) is 2.32. The summed E-state index contributed by atoms with van der Waals surface area (Å²) in [5, 5.41) is 9.65. The van der Waals surface area contributed by atoms with Crippen molar-refractivity contribution in [2.45, 2.75) is 25.2 Å². The van der Waals surface area contributed by atoms with Gasteiger partial charge in [-0.25, -0.2) is 14.8 Å². The van der Waals surface area contributed by atoms with Crippen LogP contribution in [0.15, 0.2) is 18.6 Å². The Kier molecular flexibility index (Phi) is 2.59. The number of fused-ring (bicyclic) bond motifs is 1. The molecule has 1 aliphatic rings. The van der Waals surface area contributed by atoms with E-state index in [2.05, 4.69) is 15.0 Å². The van der Waals surface area contributed by atoms with Gasteiger partial charge in [-0.05, 0) is 18.9 Å². The first-order valence-corrected chi connectivity index (χ1v) is 5.98. The molecule has 0 amide bonds. The first-order valence-electron chi connectivity index (χ1n) is 5.98. The molecule has 1 saturated carbocycles. The fourth-order valence-electron chi connectivity index (χ4n) is 2.30. The van der Waals surface area contributed by atoms with Crippen LogP contribution in [-0.2, 0) is 4.79 Å². The highest BCUT2D eigenvalue weighted by molar-refractivity contribution is 5.93. The number of nitrogens with one attached hydrogen (secondary N) is 1. The van der Waals surface area contributed by atoms with Crippen LogP contribution in [0.3, 0.4) is 0 Å². The third-order valence-corrected chi connectivity index (χ3v) is 3.43. The Labute approximate surface area is 104 Å². The van der Waals surface area contributed by atoms with E-state index >= 15 is 0 Å². The molecular formula is C13H13N3O2. The van der Waals surface area contributed by atoms with E-state index in [0.717, 1.165) is 41.2 Å². The van der Waals surface area contributed by atoms with Gasteiger partial charge in [-0.15, -0.1) is 0 Å². The van der Waals surface area contributed by atoms with E-state index in [1.165, 1.54) is 6.42 Å². The number of hydrogen-bond donors (Lipinski definition) is 2. The summed E-state index contributed by atoms with van der Waals surface area (Å²) in [5.41, 5.74) is 2.66. The molecule has 92 valence electrons. The Balaban J connectivity index is 2.11. The largest absolute Gasteiger partial charge is 0.478 e. The summed E-state index contributed by atoms with van der Waals surface area (Å²) in [7, 11) is 0. The summed E-state index contributed by atoms with van der Waals surface area (Å²) < 4.78 is 0. The van der Waals surface area contributed by atoms with Gasteiger partial charge in [0.25, 0.3) is 0 Å². The fraction of sp³-hybridized carbons (Fsp3) is 0.308. The van der Waals surface area contributed by atoms with Crippen molar-refractivity contribution in [1.82, 2.24) is 15.0 Å². The molecule has 0 unspecified atom stereocenters. The van der Waals surface area contributed by atoms with Crippen LogP contribution in [0.1, 0.15) is 36.4 Å². The average molecular weight is 243 g/mol. The maximum Gasteiger partial charge on any atom is 0.328 e. The highest BCUT2D eigenvalue weighted by Gasteiger charge is 2.24. The molecular weight excluding hydrogens is 230 g/mol. The van der Waals surface area contributed by atoms with Crippen molar-refractivity contribution in [3.63, 3.8) is 0 Å². The number of aromatic nitrogens is 3. The van der Waals surface area contributed by atoms with Gasteiger partial charge in [-0.1, -0.05) is 6.42 Å². The molecule has 2 heterocycles. The summed E-state index contributed by atoms with van der Waals surface area (Å²) in [6.07, 6.45) is 9.62. The van der Waals surface area contributed by atoms with Gasteiger partial charge in [0.1, 0.15) is 12.0 Å². The summed E-state index contributed by atoms with van der Waals surface area (Å²) in [6, 6.07) is 0. The van der Waals surface area contributed by atoms with Crippen LogP contribution < -0.4 is 0 Å². The van der Waals surface area contributed by atoms with E-state index in [-0.39, 0.29) is 0 Å². The minimum absolute atomic E-state index is 0.489. The highest BCUT2D eigenvalue weighted by Crippen LogP contribution is 2.38. The van der Waals surface area contributed by atoms with E-state index in [0.29, 0.717) is 5.92 Å². The molecule has 0 radical (unpaired) electrons. The smallest absolute Gasteiger partial charge is 0.328 e. The SMILES string of the molecule is O=C(O)/C=C/c1c[nH]c2ncnc(C3CCC3)c12. The van der Waals surface area contributed by atoms with E-state index in [1.807, 2.05) is 0 Å². The van der Waals surface area contributed by atoms with Gasteiger partial charge in [0.15, 0.2) is 0 Å². The van der Waals surface area contributed by atoms with Crippen molar-refractivity contribution in [3.05, 3.63) is 29.9 Å². The molecule has 1 aliphatic carbocycles. The number of rotatable bonds is 3. The lowest BCUT2D eigenvalue weighted by Crippen LogP contribution is -2.11. The molecule has 0 spiro atoms. The second kappa shape index (κ2) is 4.25. The van der Waals surface area contributed by atoms with Crippen molar-refractivity contribution in [2.75, 3.05) is 0 Å². The minimum atomic E-state index is -0.952. The summed E-state index contributed by atoms with van der Waals surface area (Å²) >= 11 is 0. The number of nitrogens with zero attached hydrogens (tertiary/aromatic N) is 2. The maximum atomic E-state index is 10.6. The Morgan fingerprint density at radius 2 is 2.28 bits per heavy atom. The van der Waals surface area contributed by atoms with Gasteiger partial charge in [-0.3, -0.25) is 0 Å². The fourth-order valence-corrected chi connectivity index (χ4v) is 2.30. The summed E-state index contributed by atoms with van der Waals surface area (Å²) in [5.74, 6) is -0.463. The number of aliphatic carboxylic acids is 1. The molecule has 0 aromatic carbocycles. The van der Waals surface area contributed by atoms with Gasteiger partial charge in [0, 0.05) is 29.1 Å². The lowest BCUT2D eigenvalue weighted by Gasteiger charge is -2.25. The molecule has 2 aromatic rings. The van der Waals surface area contributed by atoms with E-state index in [4.69, 9.17) is 5.11 Å². The standard InChI is InChI=1S/C13H13N3O2/c17-10(18)5-4-9-6-14-13-11(9)12(15-7-16-13)8-2-1-3-8/h4-8H,1-3H2,(H,17,18)(H,14,15,16)/b5-4+. The Morgan fingerprint density at radius 1 is 1.44 bits per heavy atom. The van der Waals surface area contributed by atoms with Crippen LogP contribution in [0.4, 0.5) is 0 Å². The van der Waals surface area contributed by atoms with Crippen LogP contribution in [0, 0.1) is 0 Å². The third-order valence-electron chi connectivity index (χ3n) is 3.43. The third kappa shape index (κ3) is 1.77. The number of carboxylic acids is 1. The number of carboxylic acid groups (broad SMARTS) is 1. The van der Waals surface area contributed by atoms with Crippen molar-refractivity contribution in [3.8, 4) is 0 Å². The molecule has 5 nitrogen and oxygen atoms in total. The Morgan fingerprint density at radius 3 is 2.94 bits per heavy atom. The van der Waals surface area contributed by atoms with Gasteiger partial charge >= 0.3 is 5.97 Å². The Bertz CT molecular complexity index is 626. The molecule has 5 heteroatoms. The van der Waals surface area contributed by atoms with E-state index in [1.54, 1.807) is 18.6 Å². The van der Waals surface area contributed by atoms with E-state index < -0.39 is 5.97 Å². The first kappa shape index (κ1) is 11.0. The number of hydrogen-bond acceptors (Lipinski definition) is 3. The van der Waals surface area contributed by atoms with Crippen molar-refractivity contribution in [2.24, 2.45) is 0 Å². The second-order valence-electron chi connectivity index (χ2n) is 4.53. The molecule has 2 aromatic heterocycles. The predicted molar refractivity (Wildman–Crippen MR) is 67.2 cm³/mol. The first-order chi connectivity index (χ1) is 8.75. The van der Waals surface area contributed by atoms with Gasteiger partial charge in [-0.2, -0.15) is 0 Å². The van der Waals surface area contributed by atoms with Crippen LogP contribution in [0.2, 0.25) is 0 Å². The van der Waals surface area contributed by atoms with Crippen LogP contribution in [0.25, 0.3) is 17.1 Å². The topological polar surface area (TPSA) is 78.9 Å². The zero-order valence-electron chi connectivity index (χ0n) is 9.76. The Hall–Kier alpha value is -2.17. The number of carbonyl (C=O) groups is 1. The monoisotopic (exact) mass is 243 g/mol. The zero-order chi connectivity index (χ0) is 12.5. The quantitative estimate of drug-likeness (QED) is 0.811. The number of aromatic amines is 1.